The monoisotopic (exact) mass is 171 g/mol. The molecule has 12 heavy (non-hydrogen) atoms. The Morgan fingerprint density at radius 2 is 2.33 bits per heavy atom. The molecule has 0 aromatic heterocycles. The molecule has 0 aromatic carbocycles. The van der Waals surface area contributed by atoms with E-state index in [2.05, 4.69) is 10.7 Å². The van der Waals surface area contributed by atoms with Gasteiger partial charge in [0.15, 0.2) is 0 Å². The highest BCUT2D eigenvalue weighted by Crippen LogP contribution is 2.09. The fraction of sp³-hybridized carbons (Fsp3) is 0.875. The molecule has 1 saturated heterocycles. The first-order chi connectivity index (χ1) is 5.70. The molecule has 1 atom stereocenters. The second-order valence-corrected chi connectivity index (χ2v) is 3.41. The van der Waals surface area contributed by atoms with Crippen molar-refractivity contribution in [3.63, 3.8) is 0 Å². The number of carbonyl (C=O) groups excluding carboxylic acids is 1. The normalized spacial score (nSPS) is 24.1. The Hall–Kier alpha value is -0.610. The van der Waals surface area contributed by atoms with Gasteiger partial charge >= 0.3 is 0 Å². The van der Waals surface area contributed by atoms with Crippen molar-refractivity contribution in [1.29, 1.82) is 0 Å². The van der Waals surface area contributed by atoms with Crippen LogP contribution >= 0.6 is 0 Å². The molecule has 4 heteroatoms. The van der Waals surface area contributed by atoms with Gasteiger partial charge in [0.05, 0.1) is 5.92 Å². The summed E-state index contributed by atoms with van der Waals surface area (Å²) in [5, 5.41) is 4.90. The number of rotatable bonds is 2. The maximum absolute atomic E-state index is 11.4. The Balaban J connectivity index is 2.30. The summed E-state index contributed by atoms with van der Waals surface area (Å²) >= 11 is 0. The van der Waals surface area contributed by atoms with Crippen molar-refractivity contribution in [2.75, 3.05) is 27.2 Å². The van der Waals surface area contributed by atoms with E-state index in [9.17, 15) is 4.79 Å². The van der Waals surface area contributed by atoms with E-state index in [0.717, 1.165) is 25.9 Å². The van der Waals surface area contributed by atoms with Gasteiger partial charge in [0.1, 0.15) is 0 Å². The highest BCUT2D eigenvalue weighted by atomic mass is 16.2. The number of hydrazine groups is 1. The van der Waals surface area contributed by atoms with Crippen molar-refractivity contribution in [3.8, 4) is 0 Å². The molecule has 1 fully saturated rings. The van der Waals surface area contributed by atoms with Gasteiger partial charge in [0.25, 0.3) is 0 Å². The Kier molecular flexibility index (Phi) is 3.49. The number of hydrogen-bond donors (Lipinski definition) is 2. The zero-order chi connectivity index (χ0) is 8.97. The molecule has 1 heterocycles. The van der Waals surface area contributed by atoms with Gasteiger partial charge < -0.3 is 5.32 Å². The number of hydrogen-bond acceptors (Lipinski definition) is 3. The minimum atomic E-state index is 0.132. The van der Waals surface area contributed by atoms with Gasteiger partial charge in [-0.25, -0.2) is 5.01 Å². The van der Waals surface area contributed by atoms with Gasteiger partial charge in [-0.3, -0.25) is 10.2 Å². The Labute approximate surface area is 73.3 Å². The van der Waals surface area contributed by atoms with Crippen LogP contribution in [0.5, 0.6) is 0 Å². The smallest absolute Gasteiger partial charge is 0.238 e. The standard InChI is InChI=1S/C8H17N3O/c1-11(2)10-8(12)7-4-3-5-9-6-7/h7,9H,3-6H2,1-2H3,(H,10,12)/t7-/m0/s1. The van der Waals surface area contributed by atoms with Crippen LogP contribution < -0.4 is 10.7 Å². The molecule has 0 saturated carbocycles. The van der Waals surface area contributed by atoms with Crippen LogP contribution in [0, 0.1) is 5.92 Å². The molecule has 70 valence electrons. The average Bonchev–Trinajstić information content (AvgIpc) is 2.05. The third-order valence-corrected chi connectivity index (χ3v) is 2.00. The summed E-state index contributed by atoms with van der Waals surface area (Å²) in [4.78, 5) is 11.4. The largest absolute Gasteiger partial charge is 0.316 e. The average molecular weight is 171 g/mol. The first kappa shape index (κ1) is 9.48. The highest BCUT2D eigenvalue weighted by molar-refractivity contribution is 5.78. The fourth-order valence-corrected chi connectivity index (χ4v) is 1.39. The van der Waals surface area contributed by atoms with Crippen molar-refractivity contribution in [3.05, 3.63) is 0 Å². The molecule has 1 aliphatic heterocycles. The molecular weight excluding hydrogens is 154 g/mol. The van der Waals surface area contributed by atoms with Gasteiger partial charge in [-0.1, -0.05) is 0 Å². The van der Waals surface area contributed by atoms with Crippen LogP contribution in [0.4, 0.5) is 0 Å². The maximum Gasteiger partial charge on any atom is 0.238 e. The minimum absolute atomic E-state index is 0.132. The molecule has 0 aromatic rings. The van der Waals surface area contributed by atoms with Gasteiger partial charge in [0.2, 0.25) is 5.91 Å². The van der Waals surface area contributed by atoms with Crippen LogP contribution in [0.2, 0.25) is 0 Å². The number of nitrogens with zero attached hydrogens (tertiary/aromatic N) is 1. The number of nitrogens with one attached hydrogen (secondary N) is 2. The first-order valence-corrected chi connectivity index (χ1v) is 4.38. The molecular formula is C8H17N3O. The maximum atomic E-state index is 11.4. The van der Waals surface area contributed by atoms with E-state index in [0.29, 0.717) is 0 Å². The van der Waals surface area contributed by atoms with Crippen molar-refractivity contribution in [2.45, 2.75) is 12.8 Å². The predicted molar refractivity (Wildman–Crippen MR) is 47.4 cm³/mol. The number of carbonyl (C=O) groups is 1. The van der Waals surface area contributed by atoms with Crippen LogP contribution in [0.3, 0.4) is 0 Å². The molecule has 0 spiro atoms. The summed E-state index contributed by atoms with van der Waals surface area (Å²) in [6.45, 7) is 1.87. The van der Waals surface area contributed by atoms with Crippen molar-refractivity contribution < 1.29 is 4.79 Å². The molecule has 4 nitrogen and oxygen atoms in total. The van der Waals surface area contributed by atoms with Crippen LogP contribution in [-0.4, -0.2) is 38.1 Å². The third kappa shape index (κ3) is 2.79. The molecule has 2 N–H and O–H groups in total. The molecule has 1 amide bonds. The van der Waals surface area contributed by atoms with Gasteiger partial charge in [0, 0.05) is 20.6 Å². The zero-order valence-corrected chi connectivity index (χ0v) is 7.76. The number of amides is 1. The summed E-state index contributed by atoms with van der Waals surface area (Å²) in [6.07, 6.45) is 2.11. The van der Waals surface area contributed by atoms with Crippen molar-refractivity contribution >= 4 is 5.91 Å². The lowest BCUT2D eigenvalue weighted by molar-refractivity contribution is -0.129. The second kappa shape index (κ2) is 4.42. The van der Waals surface area contributed by atoms with Crippen molar-refractivity contribution in [1.82, 2.24) is 15.8 Å². The molecule has 1 rings (SSSR count). The highest BCUT2D eigenvalue weighted by Gasteiger charge is 2.20. The van der Waals surface area contributed by atoms with E-state index in [1.165, 1.54) is 0 Å². The summed E-state index contributed by atoms with van der Waals surface area (Å²) < 4.78 is 0. The van der Waals surface area contributed by atoms with Gasteiger partial charge in [-0.15, -0.1) is 0 Å². The van der Waals surface area contributed by atoms with Gasteiger partial charge in [-0.2, -0.15) is 0 Å². The lowest BCUT2D eigenvalue weighted by Crippen LogP contribution is -2.45. The van der Waals surface area contributed by atoms with Crippen LogP contribution in [0.25, 0.3) is 0 Å². The van der Waals surface area contributed by atoms with E-state index in [1.54, 1.807) is 5.01 Å². The van der Waals surface area contributed by atoms with E-state index in [-0.39, 0.29) is 11.8 Å². The third-order valence-electron chi connectivity index (χ3n) is 2.00. The molecule has 0 bridgehead atoms. The lowest BCUT2D eigenvalue weighted by atomic mass is 9.99. The van der Waals surface area contributed by atoms with Crippen LogP contribution in [0.1, 0.15) is 12.8 Å². The SMILES string of the molecule is CN(C)NC(=O)[C@H]1CCCNC1. The second-order valence-electron chi connectivity index (χ2n) is 3.41. The topological polar surface area (TPSA) is 44.4 Å². The molecule has 0 radical (unpaired) electrons. The van der Waals surface area contributed by atoms with Crippen LogP contribution in [0.15, 0.2) is 0 Å². The number of piperidine rings is 1. The Morgan fingerprint density at radius 3 is 2.83 bits per heavy atom. The zero-order valence-electron chi connectivity index (χ0n) is 7.76. The summed E-state index contributed by atoms with van der Waals surface area (Å²) in [7, 11) is 3.66. The van der Waals surface area contributed by atoms with E-state index >= 15 is 0 Å². The summed E-state index contributed by atoms with van der Waals surface area (Å²) in [6, 6.07) is 0. The van der Waals surface area contributed by atoms with Gasteiger partial charge in [-0.05, 0) is 19.4 Å². The minimum Gasteiger partial charge on any atom is -0.316 e. The van der Waals surface area contributed by atoms with E-state index < -0.39 is 0 Å². The lowest BCUT2D eigenvalue weighted by Gasteiger charge is -2.23. The van der Waals surface area contributed by atoms with Crippen LogP contribution in [-0.2, 0) is 4.79 Å². The Bertz CT molecular complexity index is 152. The first-order valence-electron chi connectivity index (χ1n) is 4.38. The van der Waals surface area contributed by atoms with E-state index in [4.69, 9.17) is 0 Å². The van der Waals surface area contributed by atoms with Crippen molar-refractivity contribution in [2.24, 2.45) is 5.92 Å². The summed E-state index contributed by atoms with van der Waals surface area (Å²) in [5.74, 6) is 0.286. The molecule has 0 aliphatic carbocycles. The fourth-order valence-electron chi connectivity index (χ4n) is 1.39. The van der Waals surface area contributed by atoms with E-state index in [1.807, 2.05) is 14.1 Å². The molecule has 0 unspecified atom stereocenters. The molecule has 1 aliphatic rings. The predicted octanol–water partition coefficient (Wildman–Crippen LogP) is -0.421. The quantitative estimate of drug-likeness (QED) is 0.555. The summed E-state index contributed by atoms with van der Waals surface area (Å²) in [5.41, 5.74) is 2.77. The Morgan fingerprint density at radius 1 is 1.58 bits per heavy atom.